The minimum Gasteiger partial charge on any atom is -0.497 e. The van der Waals surface area contributed by atoms with Gasteiger partial charge in [0.1, 0.15) is 22.8 Å². The van der Waals surface area contributed by atoms with Crippen molar-refractivity contribution in [1.82, 2.24) is 0 Å². The van der Waals surface area contributed by atoms with E-state index in [1.165, 1.54) is 21.3 Å². The zero-order valence-electron chi connectivity index (χ0n) is 13.0. The van der Waals surface area contributed by atoms with Crippen LogP contribution >= 0.6 is 11.6 Å². The molecule has 122 valence electrons. The monoisotopic (exact) mass is 336 g/mol. The Morgan fingerprint density at radius 1 is 1.04 bits per heavy atom. The van der Waals surface area contributed by atoms with Crippen molar-refractivity contribution in [2.75, 3.05) is 32.4 Å². The summed E-state index contributed by atoms with van der Waals surface area (Å²) in [5.74, 6) is 0.928. The predicted octanol–water partition coefficient (Wildman–Crippen LogP) is 3.20. The third-order valence-electron chi connectivity index (χ3n) is 3.20. The topological polar surface area (TPSA) is 82.8 Å². The van der Waals surface area contributed by atoms with Gasteiger partial charge in [-0.3, -0.25) is 4.79 Å². The van der Waals surface area contributed by atoms with Crippen molar-refractivity contribution in [3.63, 3.8) is 0 Å². The first-order chi connectivity index (χ1) is 11.0. The number of halogens is 1. The molecule has 2 rings (SSSR count). The van der Waals surface area contributed by atoms with Crippen LogP contribution in [0.15, 0.2) is 30.3 Å². The molecule has 0 aliphatic heterocycles. The lowest BCUT2D eigenvalue weighted by molar-refractivity contribution is 0.102. The normalized spacial score (nSPS) is 10.1. The number of carbonyl (C=O) groups excluding carboxylic acids is 1. The molecule has 3 N–H and O–H groups in total. The highest BCUT2D eigenvalue weighted by molar-refractivity contribution is 6.32. The summed E-state index contributed by atoms with van der Waals surface area (Å²) < 4.78 is 15.4. The van der Waals surface area contributed by atoms with Gasteiger partial charge in [-0.05, 0) is 18.2 Å². The van der Waals surface area contributed by atoms with Crippen molar-refractivity contribution in [2.24, 2.45) is 0 Å². The van der Waals surface area contributed by atoms with Crippen LogP contribution in [0.4, 0.5) is 11.4 Å². The summed E-state index contributed by atoms with van der Waals surface area (Å²) in [6.07, 6.45) is 0. The highest BCUT2D eigenvalue weighted by atomic mass is 35.5. The fraction of sp³-hybridized carbons (Fsp3) is 0.188. The van der Waals surface area contributed by atoms with Gasteiger partial charge in [-0.2, -0.15) is 0 Å². The Bertz CT molecular complexity index is 734. The summed E-state index contributed by atoms with van der Waals surface area (Å²) in [6.45, 7) is 0. The summed E-state index contributed by atoms with van der Waals surface area (Å²) in [5, 5.41) is 3.11. The first-order valence-electron chi connectivity index (χ1n) is 6.66. The van der Waals surface area contributed by atoms with E-state index in [2.05, 4.69) is 5.32 Å². The number of nitrogens with one attached hydrogen (secondary N) is 1. The SMILES string of the molecule is COc1cc(N)c(C(=O)Nc2ccc(OC)c(Cl)c2)c(OC)c1. The van der Waals surface area contributed by atoms with Gasteiger partial charge < -0.3 is 25.3 Å². The molecule has 0 heterocycles. The Balaban J connectivity index is 2.32. The fourth-order valence-electron chi connectivity index (χ4n) is 2.07. The molecule has 1 amide bonds. The lowest BCUT2D eigenvalue weighted by atomic mass is 10.1. The van der Waals surface area contributed by atoms with Crippen LogP contribution < -0.4 is 25.3 Å². The zero-order valence-corrected chi connectivity index (χ0v) is 13.7. The number of nitrogen functional groups attached to an aromatic ring is 1. The Morgan fingerprint density at radius 2 is 1.74 bits per heavy atom. The van der Waals surface area contributed by atoms with E-state index in [1.54, 1.807) is 30.3 Å². The molecule has 2 aromatic carbocycles. The molecule has 23 heavy (non-hydrogen) atoms. The number of carbonyl (C=O) groups is 1. The van der Waals surface area contributed by atoms with Crippen molar-refractivity contribution < 1.29 is 19.0 Å². The average molecular weight is 337 g/mol. The van der Waals surface area contributed by atoms with Crippen LogP contribution in [0.25, 0.3) is 0 Å². The lowest BCUT2D eigenvalue weighted by Crippen LogP contribution is -2.15. The number of anilines is 2. The minimum atomic E-state index is -0.414. The first-order valence-corrected chi connectivity index (χ1v) is 7.04. The van der Waals surface area contributed by atoms with Crippen LogP contribution in [-0.4, -0.2) is 27.2 Å². The van der Waals surface area contributed by atoms with Crippen molar-refractivity contribution >= 4 is 28.9 Å². The third-order valence-corrected chi connectivity index (χ3v) is 3.49. The second-order valence-electron chi connectivity index (χ2n) is 4.60. The molecule has 0 bridgehead atoms. The summed E-state index contributed by atoms with van der Waals surface area (Å²) in [7, 11) is 4.48. The Kier molecular flexibility index (Phi) is 5.18. The number of rotatable bonds is 5. The van der Waals surface area contributed by atoms with Gasteiger partial charge in [-0.1, -0.05) is 11.6 Å². The molecule has 0 aliphatic rings. The van der Waals surface area contributed by atoms with Gasteiger partial charge in [0.05, 0.1) is 32.0 Å². The highest BCUT2D eigenvalue weighted by Gasteiger charge is 2.18. The molecule has 0 aliphatic carbocycles. The fourth-order valence-corrected chi connectivity index (χ4v) is 2.33. The van der Waals surface area contributed by atoms with Gasteiger partial charge in [0.15, 0.2) is 0 Å². The molecule has 0 saturated heterocycles. The number of methoxy groups -OCH3 is 3. The lowest BCUT2D eigenvalue weighted by Gasteiger charge is -2.14. The quantitative estimate of drug-likeness (QED) is 0.819. The average Bonchev–Trinajstić information content (AvgIpc) is 2.53. The molecule has 0 aromatic heterocycles. The smallest absolute Gasteiger partial charge is 0.261 e. The molecule has 0 saturated carbocycles. The molecule has 2 aromatic rings. The summed E-state index contributed by atoms with van der Waals surface area (Å²) in [4.78, 5) is 12.5. The highest BCUT2D eigenvalue weighted by Crippen LogP contribution is 2.32. The minimum absolute atomic E-state index is 0.222. The molecule has 0 fully saturated rings. The van der Waals surface area contributed by atoms with Crippen LogP contribution in [0.2, 0.25) is 5.02 Å². The predicted molar refractivity (Wildman–Crippen MR) is 89.9 cm³/mol. The van der Waals surface area contributed by atoms with E-state index in [0.29, 0.717) is 28.0 Å². The molecule has 0 spiro atoms. The van der Waals surface area contributed by atoms with Crippen molar-refractivity contribution in [1.29, 1.82) is 0 Å². The number of ether oxygens (including phenoxy) is 3. The van der Waals surface area contributed by atoms with Crippen LogP contribution in [0.3, 0.4) is 0 Å². The van der Waals surface area contributed by atoms with Crippen molar-refractivity contribution in [2.45, 2.75) is 0 Å². The van der Waals surface area contributed by atoms with Crippen LogP contribution in [0.5, 0.6) is 17.2 Å². The van der Waals surface area contributed by atoms with Gasteiger partial charge >= 0.3 is 0 Å². The van der Waals surface area contributed by atoms with Crippen LogP contribution in [0.1, 0.15) is 10.4 Å². The molecule has 6 nitrogen and oxygen atoms in total. The molecular formula is C16H17ClN2O4. The van der Waals surface area contributed by atoms with Crippen LogP contribution in [-0.2, 0) is 0 Å². The Hall–Kier alpha value is -2.60. The molecule has 0 unspecified atom stereocenters. The van der Waals surface area contributed by atoms with E-state index in [-0.39, 0.29) is 11.3 Å². The molecule has 0 radical (unpaired) electrons. The van der Waals surface area contributed by atoms with Gasteiger partial charge in [-0.25, -0.2) is 0 Å². The molecule has 0 atom stereocenters. The summed E-state index contributed by atoms with van der Waals surface area (Å²) in [5.41, 5.74) is 6.92. The largest absolute Gasteiger partial charge is 0.497 e. The standard InChI is InChI=1S/C16H17ClN2O4/c1-21-10-7-12(18)15(14(8-10)23-3)16(20)19-9-4-5-13(22-2)11(17)6-9/h4-8H,18H2,1-3H3,(H,19,20). The number of hydrogen-bond donors (Lipinski definition) is 2. The van der Waals surface area contributed by atoms with E-state index in [1.807, 2.05) is 0 Å². The van der Waals surface area contributed by atoms with Crippen molar-refractivity contribution in [3.8, 4) is 17.2 Å². The van der Waals surface area contributed by atoms with Gasteiger partial charge in [0, 0.05) is 17.8 Å². The molecule has 7 heteroatoms. The van der Waals surface area contributed by atoms with E-state index < -0.39 is 5.91 Å². The maximum atomic E-state index is 12.5. The first kappa shape index (κ1) is 16.8. The summed E-state index contributed by atoms with van der Waals surface area (Å²) >= 11 is 6.05. The number of hydrogen-bond acceptors (Lipinski definition) is 5. The Morgan fingerprint density at radius 3 is 2.30 bits per heavy atom. The van der Waals surface area contributed by atoms with E-state index in [9.17, 15) is 4.79 Å². The van der Waals surface area contributed by atoms with Crippen LogP contribution in [0, 0.1) is 0 Å². The van der Waals surface area contributed by atoms with E-state index >= 15 is 0 Å². The van der Waals surface area contributed by atoms with Crippen molar-refractivity contribution in [3.05, 3.63) is 40.9 Å². The maximum absolute atomic E-state index is 12.5. The number of amides is 1. The van der Waals surface area contributed by atoms with E-state index in [0.717, 1.165) is 0 Å². The van der Waals surface area contributed by atoms with E-state index in [4.69, 9.17) is 31.5 Å². The zero-order chi connectivity index (χ0) is 17.0. The van der Waals surface area contributed by atoms with Gasteiger partial charge in [-0.15, -0.1) is 0 Å². The third kappa shape index (κ3) is 3.60. The summed E-state index contributed by atoms with van der Waals surface area (Å²) in [6, 6.07) is 8.07. The second kappa shape index (κ2) is 7.11. The Labute approximate surface area is 139 Å². The maximum Gasteiger partial charge on any atom is 0.261 e. The molecular weight excluding hydrogens is 320 g/mol. The second-order valence-corrected chi connectivity index (χ2v) is 5.00. The van der Waals surface area contributed by atoms with Gasteiger partial charge in [0.2, 0.25) is 0 Å². The van der Waals surface area contributed by atoms with Gasteiger partial charge in [0.25, 0.3) is 5.91 Å². The number of benzene rings is 2. The number of nitrogens with two attached hydrogens (primary N) is 1.